The fourth-order valence-electron chi connectivity index (χ4n) is 1.28. The lowest BCUT2D eigenvalue weighted by atomic mass is 9.81. The Hall–Kier alpha value is -0.670. The second kappa shape index (κ2) is 4.24. The second-order valence-corrected chi connectivity index (χ2v) is 4.67. The number of ketones is 1. The van der Waals surface area contributed by atoms with Crippen molar-refractivity contribution in [3.63, 3.8) is 0 Å². The van der Waals surface area contributed by atoms with E-state index in [1.165, 1.54) is 0 Å². The fraction of sp³-hybridized carbons (Fsp3) is 0.364. The van der Waals surface area contributed by atoms with E-state index in [-0.39, 0.29) is 12.3 Å². The summed E-state index contributed by atoms with van der Waals surface area (Å²) in [4.78, 5) is 11.6. The maximum atomic E-state index is 11.6. The molecule has 0 fully saturated rings. The van der Waals surface area contributed by atoms with Gasteiger partial charge in [0.2, 0.25) is 0 Å². The van der Waals surface area contributed by atoms with E-state index in [0.29, 0.717) is 0 Å². The molecule has 1 rings (SSSR count). The summed E-state index contributed by atoms with van der Waals surface area (Å²) in [5.74, 6) is 0.0554. The molecular formula is C11H14BrNO. The summed E-state index contributed by atoms with van der Waals surface area (Å²) < 4.78 is 1.01. The van der Waals surface area contributed by atoms with E-state index >= 15 is 0 Å². The first kappa shape index (κ1) is 11.4. The maximum absolute atomic E-state index is 11.6. The molecule has 0 saturated carbocycles. The molecule has 0 spiro atoms. The molecule has 0 aliphatic carbocycles. The monoisotopic (exact) mass is 255 g/mol. The lowest BCUT2D eigenvalue weighted by molar-refractivity contribution is -0.122. The van der Waals surface area contributed by atoms with Crippen molar-refractivity contribution in [2.75, 3.05) is 6.54 Å². The Balaban J connectivity index is 3.03. The van der Waals surface area contributed by atoms with Crippen LogP contribution >= 0.6 is 15.9 Å². The number of Topliss-reactive ketones (excluding diaryl/α,β-unsaturated/α-hetero) is 1. The summed E-state index contributed by atoms with van der Waals surface area (Å²) in [6.45, 7) is 3.87. The highest BCUT2D eigenvalue weighted by molar-refractivity contribution is 9.10. The van der Waals surface area contributed by atoms with Crippen LogP contribution in [-0.2, 0) is 10.2 Å². The number of rotatable bonds is 3. The molecule has 0 atom stereocenters. The van der Waals surface area contributed by atoms with E-state index in [2.05, 4.69) is 15.9 Å². The molecule has 2 N–H and O–H groups in total. The first-order chi connectivity index (χ1) is 6.48. The number of carbonyl (C=O) groups is 1. The van der Waals surface area contributed by atoms with Crippen molar-refractivity contribution < 1.29 is 4.79 Å². The maximum Gasteiger partial charge on any atom is 0.156 e. The highest BCUT2D eigenvalue weighted by Gasteiger charge is 2.27. The van der Waals surface area contributed by atoms with Crippen LogP contribution in [0, 0.1) is 0 Å². The molecule has 2 nitrogen and oxygen atoms in total. The Labute approximate surface area is 92.6 Å². The van der Waals surface area contributed by atoms with Crippen LogP contribution in [0.1, 0.15) is 19.4 Å². The van der Waals surface area contributed by atoms with Gasteiger partial charge in [0, 0.05) is 9.89 Å². The number of nitrogens with two attached hydrogens (primary N) is 1. The number of halogens is 1. The van der Waals surface area contributed by atoms with Crippen LogP contribution in [0.25, 0.3) is 0 Å². The summed E-state index contributed by atoms with van der Waals surface area (Å²) in [5.41, 5.74) is 5.87. The minimum Gasteiger partial charge on any atom is -0.324 e. The van der Waals surface area contributed by atoms with Gasteiger partial charge in [-0.1, -0.05) is 28.1 Å². The molecule has 0 radical (unpaired) electrons. The molecule has 0 heterocycles. The molecule has 0 aliphatic rings. The highest BCUT2D eigenvalue weighted by Crippen LogP contribution is 2.25. The van der Waals surface area contributed by atoms with Gasteiger partial charge in [-0.3, -0.25) is 4.79 Å². The predicted octanol–water partition coefficient (Wildman–Crippen LogP) is 2.25. The van der Waals surface area contributed by atoms with Crippen molar-refractivity contribution in [2.45, 2.75) is 19.3 Å². The summed E-state index contributed by atoms with van der Waals surface area (Å²) in [6, 6.07) is 7.75. The third-order valence-corrected chi connectivity index (χ3v) is 2.98. The smallest absolute Gasteiger partial charge is 0.156 e. The zero-order valence-electron chi connectivity index (χ0n) is 8.38. The molecule has 0 bridgehead atoms. The molecule has 0 amide bonds. The first-order valence-corrected chi connectivity index (χ1v) is 5.27. The molecule has 14 heavy (non-hydrogen) atoms. The Morgan fingerprint density at radius 1 is 1.36 bits per heavy atom. The van der Waals surface area contributed by atoms with Gasteiger partial charge in [-0.2, -0.15) is 0 Å². The predicted molar refractivity (Wildman–Crippen MR) is 61.2 cm³/mol. The molecule has 1 aromatic rings. The largest absolute Gasteiger partial charge is 0.324 e. The average Bonchev–Trinajstić information content (AvgIpc) is 2.17. The summed E-state index contributed by atoms with van der Waals surface area (Å²) in [6.07, 6.45) is 0. The third kappa shape index (κ3) is 2.22. The van der Waals surface area contributed by atoms with Crippen LogP contribution < -0.4 is 5.73 Å². The summed E-state index contributed by atoms with van der Waals surface area (Å²) in [5, 5.41) is 0. The molecule has 3 heteroatoms. The highest BCUT2D eigenvalue weighted by atomic mass is 79.9. The van der Waals surface area contributed by atoms with Crippen molar-refractivity contribution in [3.8, 4) is 0 Å². The Morgan fingerprint density at radius 2 is 1.86 bits per heavy atom. The molecule has 0 unspecified atom stereocenters. The van der Waals surface area contributed by atoms with Gasteiger partial charge < -0.3 is 5.73 Å². The molecular weight excluding hydrogens is 242 g/mol. The zero-order chi connectivity index (χ0) is 10.8. The van der Waals surface area contributed by atoms with Crippen LogP contribution in [0.15, 0.2) is 28.7 Å². The van der Waals surface area contributed by atoms with E-state index in [1.54, 1.807) is 0 Å². The van der Waals surface area contributed by atoms with Crippen LogP contribution in [0.4, 0.5) is 0 Å². The quantitative estimate of drug-likeness (QED) is 0.901. The molecule has 0 aliphatic heterocycles. The Morgan fingerprint density at radius 3 is 2.29 bits per heavy atom. The normalized spacial score (nSPS) is 11.4. The van der Waals surface area contributed by atoms with Gasteiger partial charge in [0.05, 0.1) is 6.54 Å². The minimum atomic E-state index is -0.491. The van der Waals surface area contributed by atoms with E-state index in [9.17, 15) is 4.79 Å². The summed E-state index contributed by atoms with van der Waals surface area (Å²) in [7, 11) is 0. The van der Waals surface area contributed by atoms with Gasteiger partial charge in [0.25, 0.3) is 0 Å². The molecule has 0 saturated heterocycles. The average molecular weight is 256 g/mol. The van der Waals surface area contributed by atoms with E-state index in [0.717, 1.165) is 10.0 Å². The van der Waals surface area contributed by atoms with Gasteiger partial charge in [-0.25, -0.2) is 0 Å². The number of hydrogen-bond acceptors (Lipinski definition) is 2. The molecule has 1 aromatic carbocycles. The number of benzene rings is 1. The van der Waals surface area contributed by atoms with Crippen LogP contribution in [0.2, 0.25) is 0 Å². The van der Waals surface area contributed by atoms with Gasteiger partial charge in [0.15, 0.2) is 5.78 Å². The van der Waals surface area contributed by atoms with Gasteiger partial charge >= 0.3 is 0 Å². The second-order valence-electron chi connectivity index (χ2n) is 3.76. The van der Waals surface area contributed by atoms with Crippen molar-refractivity contribution >= 4 is 21.7 Å². The van der Waals surface area contributed by atoms with Crippen molar-refractivity contribution in [2.24, 2.45) is 5.73 Å². The number of hydrogen-bond donors (Lipinski definition) is 1. The van der Waals surface area contributed by atoms with E-state index in [4.69, 9.17) is 5.73 Å². The molecule has 0 aromatic heterocycles. The van der Waals surface area contributed by atoms with Crippen LogP contribution in [-0.4, -0.2) is 12.3 Å². The van der Waals surface area contributed by atoms with Gasteiger partial charge in [-0.15, -0.1) is 0 Å². The lowest BCUT2D eigenvalue weighted by Crippen LogP contribution is -2.34. The Kier molecular flexibility index (Phi) is 3.45. The molecule has 76 valence electrons. The van der Waals surface area contributed by atoms with Gasteiger partial charge in [-0.05, 0) is 31.5 Å². The van der Waals surface area contributed by atoms with Gasteiger partial charge in [0.1, 0.15) is 0 Å². The zero-order valence-corrected chi connectivity index (χ0v) is 9.97. The van der Waals surface area contributed by atoms with E-state index < -0.39 is 5.41 Å². The fourth-order valence-corrected chi connectivity index (χ4v) is 1.55. The Bertz CT molecular complexity index is 330. The third-order valence-electron chi connectivity index (χ3n) is 2.45. The van der Waals surface area contributed by atoms with Crippen molar-refractivity contribution in [3.05, 3.63) is 34.3 Å². The van der Waals surface area contributed by atoms with Crippen LogP contribution in [0.3, 0.4) is 0 Å². The lowest BCUT2D eigenvalue weighted by Gasteiger charge is -2.22. The summed E-state index contributed by atoms with van der Waals surface area (Å²) >= 11 is 3.36. The number of carbonyl (C=O) groups excluding carboxylic acids is 1. The van der Waals surface area contributed by atoms with Crippen molar-refractivity contribution in [1.29, 1.82) is 0 Å². The topological polar surface area (TPSA) is 43.1 Å². The standard InChI is InChI=1S/C11H14BrNO/c1-11(2,10(14)7-13)8-3-5-9(12)6-4-8/h3-6H,7,13H2,1-2H3. The van der Waals surface area contributed by atoms with Crippen LogP contribution in [0.5, 0.6) is 0 Å². The van der Waals surface area contributed by atoms with Crippen molar-refractivity contribution in [1.82, 2.24) is 0 Å². The minimum absolute atomic E-state index is 0.0554. The SMILES string of the molecule is CC(C)(C(=O)CN)c1ccc(Br)cc1. The van der Waals surface area contributed by atoms with E-state index in [1.807, 2.05) is 38.1 Å². The first-order valence-electron chi connectivity index (χ1n) is 4.48.